The average molecular weight is 203 g/mol. The van der Waals surface area contributed by atoms with Crippen LogP contribution in [-0.4, -0.2) is 16.9 Å². The van der Waals surface area contributed by atoms with E-state index in [0.717, 1.165) is 0 Å². The predicted molar refractivity (Wildman–Crippen MR) is 49.1 cm³/mol. The van der Waals surface area contributed by atoms with Crippen LogP contribution in [0.4, 0.5) is 5.69 Å². The Kier molecular flexibility index (Phi) is 2.61. The highest BCUT2D eigenvalue weighted by Crippen LogP contribution is 2.38. The SMILES string of the molecule is COc1cccc(P(=O)(O)O)c1N. The van der Waals surface area contributed by atoms with Crippen LogP contribution >= 0.6 is 7.60 Å². The standard InChI is InChI=1S/C7H10NO4P/c1-12-5-3-2-4-6(7(5)8)13(9,10)11/h2-4H,8H2,1H3,(H2,9,10,11). The highest BCUT2D eigenvalue weighted by Gasteiger charge is 2.21. The molecule has 0 aromatic heterocycles. The molecule has 0 aliphatic carbocycles. The summed E-state index contributed by atoms with van der Waals surface area (Å²) in [4.78, 5) is 17.7. The van der Waals surface area contributed by atoms with Crippen molar-refractivity contribution < 1.29 is 19.1 Å². The number of nitrogens with two attached hydrogens (primary N) is 1. The fraction of sp³-hybridized carbons (Fsp3) is 0.143. The lowest BCUT2D eigenvalue weighted by atomic mass is 10.3. The first-order valence-corrected chi connectivity index (χ1v) is 5.06. The van der Waals surface area contributed by atoms with Crippen LogP contribution in [0.1, 0.15) is 0 Å². The van der Waals surface area contributed by atoms with Crippen LogP contribution in [0.15, 0.2) is 18.2 Å². The Bertz CT molecular complexity index is 360. The maximum atomic E-state index is 10.9. The molecule has 0 fully saturated rings. The van der Waals surface area contributed by atoms with Crippen LogP contribution in [-0.2, 0) is 4.57 Å². The Morgan fingerprint density at radius 1 is 1.46 bits per heavy atom. The van der Waals surface area contributed by atoms with Gasteiger partial charge in [0.2, 0.25) is 0 Å². The third-order valence-corrected chi connectivity index (χ3v) is 2.59. The van der Waals surface area contributed by atoms with E-state index in [1.165, 1.54) is 25.3 Å². The predicted octanol–water partition coefficient (Wildman–Crippen LogP) is 0.0804. The van der Waals surface area contributed by atoms with E-state index in [0.29, 0.717) is 0 Å². The molecule has 0 heterocycles. The fourth-order valence-corrected chi connectivity index (χ4v) is 1.67. The Hall–Kier alpha value is -1.03. The number of hydrogen-bond acceptors (Lipinski definition) is 3. The molecule has 5 nitrogen and oxygen atoms in total. The lowest BCUT2D eigenvalue weighted by Crippen LogP contribution is -2.11. The molecule has 0 aliphatic heterocycles. The minimum absolute atomic E-state index is 0.0154. The minimum Gasteiger partial charge on any atom is -0.495 e. The second-order valence-electron chi connectivity index (χ2n) is 2.44. The Labute approximate surface area is 75.3 Å². The number of ether oxygens (including phenoxy) is 1. The van der Waals surface area contributed by atoms with Gasteiger partial charge in [0.05, 0.1) is 18.1 Å². The van der Waals surface area contributed by atoms with E-state index in [1.807, 2.05) is 0 Å². The van der Waals surface area contributed by atoms with Crippen LogP contribution in [0, 0.1) is 0 Å². The third kappa shape index (κ3) is 2.01. The van der Waals surface area contributed by atoms with E-state index < -0.39 is 7.60 Å². The summed E-state index contributed by atoms with van der Waals surface area (Å²) in [5.41, 5.74) is 5.45. The molecule has 4 N–H and O–H groups in total. The summed E-state index contributed by atoms with van der Waals surface area (Å²) in [6.45, 7) is 0. The lowest BCUT2D eigenvalue weighted by Gasteiger charge is -2.10. The molecule has 0 bridgehead atoms. The van der Waals surface area contributed by atoms with Gasteiger partial charge in [-0.1, -0.05) is 6.07 Å². The zero-order valence-corrected chi connectivity index (χ0v) is 7.86. The lowest BCUT2D eigenvalue weighted by molar-refractivity contribution is 0.386. The maximum Gasteiger partial charge on any atom is 0.358 e. The van der Waals surface area contributed by atoms with Crippen LogP contribution in [0.3, 0.4) is 0 Å². The van der Waals surface area contributed by atoms with E-state index in [-0.39, 0.29) is 16.7 Å². The van der Waals surface area contributed by atoms with Gasteiger partial charge in [-0.25, -0.2) is 0 Å². The van der Waals surface area contributed by atoms with Crippen molar-refractivity contribution in [1.82, 2.24) is 0 Å². The maximum absolute atomic E-state index is 10.9. The number of anilines is 1. The molecule has 0 amide bonds. The van der Waals surface area contributed by atoms with Crippen LogP contribution < -0.4 is 15.8 Å². The van der Waals surface area contributed by atoms with Gasteiger partial charge >= 0.3 is 7.60 Å². The largest absolute Gasteiger partial charge is 0.495 e. The minimum atomic E-state index is -4.30. The molecule has 0 radical (unpaired) electrons. The van der Waals surface area contributed by atoms with Gasteiger partial charge in [0.15, 0.2) is 0 Å². The topological polar surface area (TPSA) is 92.8 Å². The summed E-state index contributed by atoms with van der Waals surface area (Å²) >= 11 is 0. The molecule has 1 rings (SSSR count). The second-order valence-corrected chi connectivity index (χ2v) is 4.01. The van der Waals surface area contributed by atoms with Gasteiger partial charge in [-0.05, 0) is 12.1 Å². The molecular weight excluding hydrogens is 193 g/mol. The zero-order valence-electron chi connectivity index (χ0n) is 6.97. The number of nitrogen functional groups attached to an aromatic ring is 1. The van der Waals surface area contributed by atoms with E-state index in [9.17, 15) is 4.57 Å². The number of para-hydroxylation sites is 1. The van der Waals surface area contributed by atoms with Crippen molar-refractivity contribution in [3.8, 4) is 5.75 Å². The van der Waals surface area contributed by atoms with Crippen molar-refractivity contribution in [3.63, 3.8) is 0 Å². The van der Waals surface area contributed by atoms with E-state index in [4.69, 9.17) is 20.3 Å². The van der Waals surface area contributed by atoms with Crippen molar-refractivity contribution >= 4 is 18.6 Å². The number of hydrogen-bond donors (Lipinski definition) is 3. The first-order chi connectivity index (χ1) is 5.96. The van der Waals surface area contributed by atoms with Crippen molar-refractivity contribution in [1.29, 1.82) is 0 Å². The summed E-state index contributed by atoms with van der Waals surface area (Å²) < 4.78 is 15.7. The summed E-state index contributed by atoms with van der Waals surface area (Å²) in [5.74, 6) is 0.265. The van der Waals surface area contributed by atoms with Gasteiger partial charge < -0.3 is 20.3 Å². The molecule has 13 heavy (non-hydrogen) atoms. The number of benzene rings is 1. The van der Waals surface area contributed by atoms with Crippen molar-refractivity contribution in [2.24, 2.45) is 0 Å². The third-order valence-electron chi connectivity index (χ3n) is 1.58. The van der Waals surface area contributed by atoms with Gasteiger partial charge in [0.1, 0.15) is 5.75 Å². The monoisotopic (exact) mass is 203 g/mol. The van der Waals surface area contributed by atoms with Crippen LogP contribution in [0.5, 0.6) is 5.75 Å². The average Bonchev–Trinajstić information content (AvgIpc) is 2.02. The quantitative estimate of drug-likeness (QED) is 0.467. The number of methoxy groups -OCH3 is 1. The van der Waals surface area contributed by atoms with Crippen LogP contribution in [0.25, 0.3) is 0 Å². The molecule has 0 atom stereocenters. The molecule has 0 saturated heterocycles. The van der Waals surface area contributed by atoms with Crippen molar-refractivity contribution in [3.05, 3.63) is 18.2 Å². The highest BCUT2D eigenvalue weighted by molar-refractivity contribution is 7.60. The van der Waals surface area contributed by atoms with E-state index >= 15 is 0 Å². The summed E-state index contributed by atoms with van der Waals surface area (Å²) in [6, 6.07) is 4.29. The molecule has 0 unspecified atom stereocenters. The van der Waals surface area contributed by atoms with Crippen molar-refractivity contribution in [2.75, 3.05) is 12.8 Å². The van der Waals surface area contributed by atoms with Gasteiger partial charge in [0.25, 0.3) is 0 Å². The van der Waals surface area contributed by atoms with Crippen LogP contribution in [0.2, 0.25) is 0 Å². The Balaban J connectivity index is 3.32. The van der Waals surface area contributed by atoms with Crippen molar-refractivity contribution in [2.45, 2.75) is 0 Å². The molecule has 6 heteroatoms. The first kappa shape index (κ1) is 10.1. The molecule has 0 saturated carbocycles. The molecule has 0 aliphatic rings. The van der Waals surface area contributed by atoms with Gasteiger partial charge in [-0.3, -0.25) is 4.57 Å². The molecule has 72 valence electrons. The second kappa shape index (κ2) is 3.38. The molecule has 1 aromatic rings. The smallest absolute Gasteiger partial charge is 0.358 e. The fourth-order valence-electron chi connectivity index (χ4n) is 0.964. The Morgan fingerprint density at radius 2 is 2.08 bits per heavy atom. The van der Waals surface area contributed by atoms with Gasteiger partial charge in [-0.15, -0.1) is 0 Å². The first-order valence-electron chi connectivity index (χ1n) is 3.45. The summed E-state index contributed by atoms with van der Waals surface area (Å²) in [5, 5.41) is -0.202. The molecule has 0 spiro atoms. The van der Waals surface area contributed by atoms with E-state index in [1.54, 1.807) is 0 Å². The van der Waals surface area contributed by atoms with Gasteiger partial charge in [0, 0.05) is 0 Å². The van der Waals surface area contributed by atoms with Gasteiger partial charge in [-0.2, -0.15) is 0 Å². The summed E-state index contributed by atoms with van der Waals surface area (Å²) in [6.07, 6.45) is 0. The number of rotatable bonds is 2. The zero-order chi connectivity index (χ0) is 10.1. The molecule has 1 aromatic carbocycles. The van der Waals surface area contributed by atoms with E-state index in [2.05, 4.69) is 0 Å². The molecular formula is C7H10NO4P. The summed E-state index contributed by atoms with van der Waals surface area (Å²) in [7, 11) is -2.92. The normalized spacial score (nSPS) is 11.3. The Morgan fingerprint density at radius 3 is 2.54 bits per heavy atom. The highest BCUT2D eigenvalue weighted by atomic mass is 31.2.